The Hall–Kier alpha value is -1.02. The lowest BCUT2D eigenvalue weighted by Gasteiger charge is -2.34. The SMILES string of the molecule is CCNC(=NCCc1ccc(C)c(OC)c1)N1CCC(OCC)CC1.I. The lowest BCUT2D eigenvalue weighted by molar-refractivity contribution is 0.0264. The molecule has 5 nitrogen and oxygen atoms in total. The van der Waals surface area contributed by atoms with E-state index in [0.29, 0.717) is 6.10 Å². The lowest BCUT2D eigenvalue weighted by atomic mass is 10.1. The number of hydrogen-bond donors (Lipinski definition) is 1. The number of likely N-dealkylation sites (tertiary alicyclic amines) is 1. The summed E-state index contributed by atoms with van der Waals surface area (Å²) in [5, 5.41) is 3.43. The minimum atomic E-state index is 0. The molecule has 1 aliphatic heterocycles. The maximum atomic E-state index is 5.74. The fourth-order valence-corrected chi connectivity index (χ4v) is 3.21. The predicted molar refractivity (Wildman–Crippen MR) is 119 cm³/mol. The molecule has 0 amide bonds. The maximum absolute atomic E-state index is 5.74. The zero-order valence-corrected chi connectivity index (χ0v) is 18.9. The van der Waals surface area contributed by atoms with Gasteiger partial charge in [-0.3, -0.25) is 4.99 Å². The molecular weight excluding hydrogens is 441 g/mol. The molecule has 0 saturated carbocycles. The van der Waals surface area contributed by atoms with E-state index >= 15 is 0 Å². The van der Waals surface area contributed by atoms with Crippen LogP contribution in [0.4, 0.5) is 0 Å². The number of nitrogens with zero attached hydrogens (tertiary/aromatic N) is 2. The first-order chi connectivity index (χ1) is 12.2. The van der Waals surface area contributed by atoms with Crippen molar-refractivity contribution in [3.05, 3.63) is 29.3 Å². The van der Waals surface area contributed by atoms with Crippen molar-refractivity contribution in [3.63, 3.8) is 0 Å². The smallest absolute Gasteiger partial charge is 0.193 e. The fourth-order valence-electron chi connectivity index (χ4n) is 3.21. The first kappa shape index (κ1) is 23.0. The molecule has 26 heavy (non-hydrogen) atoms. The second kappa shape index (κ2) is 12.4. The third kappa shape index (κ3) is 6.95. The molecule has 0 spiro atoms. The molecule has 1 N–H and O–H groups in total. The highest BCUT2D eigenvalue weighted by molar-refractivity contribution is 14.0. The van der Waals surface area contributed by atoms with E-state index in [2.05, 4.69) is 49.2 Å². The van der Waals surface area contributed by atoms with Crippen LogP contribution in [-0.4, -0.2) is 56.9 Å². The van der Waals surface area contributed by atoms with Crippen molar-refractivity contribution in [2.75, 3.05) is 39.9 Å². The Bertz CT molecular complexity index is 558. The number of guanidine groups is 1. The second-order valence-corrected chi connectivity index (χ2v) is 6.43. The molecule has 0 aliphatic carbocycles. The molecule has 0 unspecified atom stereocenters. The molecule has 1 aliphatic rings. The van der Waals surface area contributed by atoms with Crippen LogP contribution >= 0.6 is 24.0 Å². The number of rotatable bonds is 7. The minimum absolute atomic E-state index is 0. The predicted octanol–water partition coefficient (Wildman–Crippen LogP) is 3.63. The van der Waals surface area contributed by atoms with Crippen LogP contribution in [0.5, 0.6) is 5.75 Å². The van der Waals surface area contributed by atoms with Crippen LogP contribution in [0.15, 0.2) is 23.2 Å². The Balaban J connectivity index is 0.00000338. The molecule has 2 rings (SSSR count). The van der Waals surface area contributed by atoms with Gasteiger partial charge >= 0.3 is 0 Å². The molecule has 1 saturated heterocycles. The molecule has 6 heteroatoms. The van der Waals surface area contributed by atoms with Crippen molar-refractivity contribution in [1.29, 1.82) is 0 Å². The Kier molecular flexibility index (Phi) is 11.0. The number of benzene rings is 1. The van der Waals surface area contributed by atoms with Crippen molar-refractivity contribution in [2.45, 2.75) is 46.1 Å². The van der Waals surface area contributed by atoms with Crippen molar-refractivity contribution in [3.8, 4) is 5.75 Å². The van der Waals surface area contributed by atoms with Crippen LogP contribution in [0, 0.1) is 6.92 Å². The van der Waals surface area contributed by atoms with E-state index in [1.165, 1.54) is 11.1 Å². The van der Waals surface area contributed by atoms with Crippen molar-refractivity contribution in [1.82, 2.24) is 10.2 Å². The fraction of sp³-hybridized carbons (Fsp3) is 0.650. The third-order valence-electron chi connectivity index (χ3n) is 4.61. The van der Waals surface area contributed by atoms with Gasteiger partial charge in [-0.1, -0.05) is 12.1 Å². The van der Waals surface area contributed by atoms with E-state index in [1.54, 1.807) is 7.11 Å². The number of piperidine rings is 1. The van der Waals surface area contributed by atoms with Gasteiger partial charge in [0.2, 0.25) is 0 Å². The first-order valence-electron chi connectivity index (χ1n) is 9.46. The van der Waals surface area contributed by atoms with Gasteiger partial charge in [0.25, 0.3) is 0 Å². The average molecular weight is 475 g/mol. The van der Waals surface area contributed by atoms with Crippen LogP contribution in [0.3, 0.4) is 0 Å². The van der Waals surface area contributed by atoms with E-state index in [1.807, 2.05) is 0 Å². The largest absolute Gasteiger partial charge is 0.496 e. The van der Waals surface area contributed by atoms with Crippen LogP contribution < -0.4 is 10.1 Å². The normalized spacial score (nSPS) is 15.5. The summed E-state index contributed by atoms with van der Waals surface area (Å²) >= 11 is 0. The number of nitrogens with one attached hydrogen (secondary N) is 1. The molecule has 0 radical (unpaired) electrons. The monoisotopic (exact) mass is 475 g/mol. The number of ether oxygens (including phenoxy) is 2. The van der Waals surface area contributed by atoms with Crippen LogP contribution in [-0.2, 0) is 11.2 Å². The summed E-state index contributed by atoms with van der Waals surface area (Å²) in [6.07, 6.45) is 3.48. The molecule has 1 heterocycles. The summed E-state index contributed by atoms with van der Waals surface area (Å²) in [5.41, 5.74) is 2.43. The average Bonchev–Trinajstić information content (AvgIpc) is 2.63. The summed E-state index contributed by atoms with van der Waals surface area (Å²) in [5.74, 6) is 1.97. The standard InChI is InChI=1S/C20H33N3O2.HI/c1-5-21-20(23-13-10-18(11-14-23)25-6-2)22-12-9-17-8-7-16(3)19(15-17)24-4;/h7-8,15,18H,5-6,9-14H2,1-4H3,(H,21,22);1H. The molecule has 1 aromatic rings. The number of aryl methyl sites for hydroxylation is 1. The van der Waals surface area contributed by atoms with Gasteiger partial charge in [-0.2, -0.15) is 0 Å². The number of aliphatic imine (C=N–C) groups is 1. The van der Waals surface area contributed by atoms with Gasteiger partial charge in [-0.05, 0) is 57.2 Å². The number of hydrogen-bond acceptors (Lipinski definition) is 3. The summed E-state index contributed by atoms with van der Waals surface area (Å²) in [4.78, 5) is 7.19. The molecule has 0 bridgehead atoms. The van der Waals surface area contributed by atoms with E-state index in [4.69, 9.17) is 14.5 Å². The highest BCUT2D eigenvalue weighted by atomic mass is 127. The zero-order chi connectivity index (χ0) is 18.1. The van der Waals surface area contributed by atoms with E-state index in [0.717, 1.165) is 63.8 Å². The van der Waals surface area contributed by atoms with E-state index in [-0.39, 0.29) is 24.0 Å². The van der Waals surface area contributed by atoms with Crippen LogP contribution in [0.25, 0.3) is 0 Å². The Morgan fingerprint density at radius 1 is 1.27 bits per heavy atom. The third-order valence-corrected chi connectivity index (χ3v) is 4.61. The number of methoxy groups -OCH3 is 1. The summed E-state index contributed by atoms with van der Waals surface area (Å²) < 4.78 is 11.2. The molecule has 1 aromatic carbocycles. The van der Waals surface area contributed by atoms with Gasteiger partial charge in [0.15, 0.2) is 5.96 Å². The van der Waals surface area contributed by atoms with Gasteiger partial charge in [0.1, 0.15) is 5.75 Å². The quantitative estimate of drug-likeness (QED) is 0.372. The summed E-state index contributed by atoms with van der Waals surface area (Å²) in [6, 6.07) is 6.39. The Labute approximate surface area is 175 Å². The first-order valence-corrected chi connectivity index (χ1v) is 9.46. The van der Waals surface area contributed by atoms with Crippen molar-refractivity contribution in [2.24, 2.45) is 4.99 Å². The molecule has 0 aromatic heterocycles. The van der Waals surface area contributed by atoms with Crippen LogP contribution in [0.2, 0.25) is 0 Å². The van der Waals surface area contributed by atoms with Crippen LogP contribution in [0.1, 0.15) is 37.8 Å². The van der Waals surface area contributed by atoms with E-state index < -0.39 is 0 Å². The van der Waals surface area contributed by atoms with Gasteiger partial charge in [-0.25, -0.2) is 0 Å². The van der Waals surface area contributed by atoms with Gasteiger partial charge in [0, 0.05) is 32.8 Å². The van der Waals surface area contributed by atoms with Gasteiger partial charge in [-0.15, -0.1) is 24.0 Å². The minimum Gasteiger partial charge on any atom is -0.496 e. The zero-order valence-electron chi connectivity index (χ0n) is 16.6. The summed E-state index contributed by atoms with van der Waals surface area (Å²) in [7, 11) is 1.72. The highest BCUT2D eigenvalue weighted by Gasteiger charge is 2.21. The Morgan fingerprint density at radius 3 is 2.62 bits per heavy atom. The van der Waals surface area contributed by atoms with Gasteiger partial charge in [0.05, 0.1) is 13.2 Å². The molecular formula is C20H34IN3O2. The maximum Gasteiger partial charge on any atom is 0.193 e. The topological polar surface area (TPSA) is 46.1 Å². The van der Waals surface area contributed by atoms with Crippen molar-refractivity contribution >= 4 is 29.9 Å². The molecule has 148 valence electrons. The lowest BCUT2D eigenvalue weighted by Crippen LogP contribution is -2.47. The van der Waals surface area contributed by atoms with Gasteiger partial charge < -0.3 is 19.7 Å². The summed E-state index contributed by atoms with van der Waals surface area (Å²) in [6.45, 7) is 10.7. The number of halogens is 1. The Morgan fingerprint density at radius 2 is 2.00 bits per heavy atom. The van der Waals surface area contributed by atoms with Crippen molar-refractivity contribution < 1.29 is 9.47 Å². The molecule has 0 atom stereocenters. The second-order valence-electron chi connectivity index (χ2n) is 6.43. The van der Waals surface area contributed by atoms with E-state index in [9.17, 15) is 0 Å². The molecule has 1 fully saturated rings. The highest BCUT2D eigenvalue weighted by Crippen LogP contribution is 2.19.